The quantitative estimate of drug-likeness (QED) is 0.264. The summed E-state index contributed by atoms with van der Waals surface area (Å²) in [5, 5.41) is 7.71. The van der Waals surface area contributed by atoms with Gasteiger partial charge in [-0.15, -0.1) is 0 Å². The lowest BCUT2D eigenvalue weighted by Gasteiger charge is -2.09. The molecule has 1 nitrogen and oxygen atoms in total. The number of fused-ring (bicyclic) bond motifs is 6. The van der Waals surface area contributed by atoms with Crippen LogP contribution in [0.25, 0.3) is 60.2 Å². The van der Waals surface area contributed by atoms with Crippen LogP contribution in [0.1, 0.15) is 0 Å². The Hall–Kier alpha value is -4.36. The standard InChI is InChI=1S/C32H21N/c1-2-10-27(11-3-1)33-30-13-7-6-12-28(30)32-29-21-26(17-15-23(29)18-19-31(32)33)25-16-14-22-8-4-5-9-24(22)20-25/h1-21H. The Balaban J connectivity index is 1.55. The number of hydrogen-bond donors (Lipinski definition) is 0. The van der Waals surface area contributed by atoms with E-state index in [2.05, 4.69) is 132 Å². The van der Waals surface area contributed by atoms with Crippen molar-refractivity contribution in [2.24, 2.45) is 0 Å². The molecule has 1 heteroatoms. The van der Waals surface area contributed by atoms with Gasteiger partial charge in [0.25, 0.3) is 0 Å². The topological polar surface area (TPSA) is 4.93 Å². The average molecular weight is 420 g/mol. The highest BCUT2D eigenvalue weighted by atomic mass is 15.0. The largest absolute Gasteiger partial charge is 0.309 e. The number of benzene rings is 6. The molecular weight excluding hydrogens is 398 g/mol. The third kappa shape index (κ3) is 2.79. The maximum atomic E-state index is 2.38. The highest BCUT2D eigenvalue weighted by molar-refractivity contribution is 6.21. The van der Waals surface area contributed by atoms with Gasteiger partial charge in [0.05, 0.1) is 11.0 Å². The minimum atomic E-state index is 1.19. The molecule has 0 atom stereocenters. The van der Waals surface area contributed by atoms with E-state index in [1.807, 2.05) is 0 Å². The maximum absolute atomic E-state index is 2.38. The van der Waals surface area contributed by atoms with E-state index in [9.17, 15) is 0 Å². The van der Waals surface area contributed by atoms with Gasteiger partial charge >= 0.3 is 0 Å². The van der Waals surface area contributed by atoms with E-state index < -0.39 is 0 Å². The number of para-hydroxylation sites is 2. The molecule has 0 aliphatic heterocycles. The van der Waals surface area contributed by atoms with Gasteiger partial charge in [-0.1, -0.05) is 91.0 Å². The summed E-state index contributed by atoms with van der Waals surface area (Å²) in [6, 6.07) is 46.1. The lowest BCUT2D eigenvalue weighted by molar-refractivity contribution is 1.18. The zero-order valence-electron chi connectivity index (χ0n) is 18.1. The van der Waals surface area contributed by atoms with Crippen LogP contribution in [0.15, 0.2) is 127 Å². The predicted octanol–water partition coefficient (Wildman–Crippen LogP) is 8.76. The van der Waals surface area contributed by atoms with Crippen LogP contribution >= 0.6 is 0 Å². The van der Waals surface area contributed by atoms with Gasteiger partial charge in [0.15, 0.2) is 0 Å². The first kappa shape index (κ1) is 18.2. The summed E-state index contributed by atoms with van der Waals surface area (Å²) in [6.07, 6.45) is 0. The fourth-order valence-electron chi connectivity index (χ4n) is 5.19. The van der Waals surface area contributed by atoms with E-state index in [4.69, 9.17) is 0 Å². The molecule has 0 unspecified atom stereocenters. The molecule has 0 saturated heterocycles. The summed E-state index contributed by atoms with van der Waals surface area (Å²) in [7, 11) is 0. The second-order valence-corrected chi connectivity index (χ2v) is 8.65. The van der Waals surface area contributed by atoms with Gasteiger partial charge in [-0.3, -0.25) is 0 Å². The Bertz CT molecular complexity index is 1810. The molecule has 0 radical (unpaired) electrons. The fraction of sp³-hybridized carbons (Fsp3) is 0. The van der Waals surface area contributed by atoms with E-state index >= 15 is 0 Å². The van der Waals surface area contributed by atoms with Crippen LogP contribution in [0.2, 0.25) is 0 Å². The molecule has 0 aliphatic rings. The van der Waals surface area contributed by atoms with Gasteiger partial charge < -0.3 is 4.57 Å². The molecule has 0 spiro atoms. The molecular formula is C32H21N. The molecule has 1 heterocycles. The van der Waals surface area contributed by atoms with Crippen LogP contribution in [0.3, 0.4) is 0 Å². The van der Waals surface area contributed by atoms with Crippen molar-refractivity contribution >= 4 is 43.4 Å². The Labute approximate surface area is 192 Å². The summed E-state index contributed by atoms with van der Waals surface area (Å²) >= 11 is 0. The number of rotatable bonds is 2. The number of hydrogen-bond acceptors (Lipinski definition) is 0. The van der Waals surface area contributed by atoms with E-state index in [1.165, 1.54) is 60.2 Å². The van der Waals surface area contributed by atoms with Crippen molar-refractivity contribution in [1.29, 1.82) is 0 Å². The van der Waals surface area contributed by atoms with Gasteiger partial charge in [0, 0.05) is 16.5 Å². The Kier molecular flexibility index (Phi) is 3.91. The molecule has 0 aliphatic carbocycles. The fourth-order valence-corrected chi connectivity index (χ4v) is 5.19. The van der Waals surface area contributed by atoms with Crippen LogP contribution in [0.4, 0.5) is 0 Å². The lowest BCUT2D eigenvalue weighted by atomic mass is 9.96. The first-order valence-electron chi connectivity index (χ1n) is 11.4. The molecule has 6 aromatic carbocycles. The number of aromatic nitrogens is 1. The van der Waals surface area contributed by atoms with Crippen LogP contribution < -0.4 is 0 Å². The molecule has 7 aromatic rings. The molecule has 1 aromatic heterocycles. The minimum Gasteiger partial charge on any atom is -0.309 e. The first-order valence-corrected chi connectivity index (χ1v) is 11.4. The molecule has 7 rings (SSSR count). The monoisotopic (exact) mass is 419 g/mol. The molecule has 0 amide bonds. The molecule has 33 heavy (non-hydrogen) atoms. The molecule has 154 valence electrons. The van der Waals surface area contributed by atoms with Crippen LogP contribution in [-0.4, -0.2) is 4.57 Å². The van der Waals surface area contributed by atoms with Crippen LogP contribution in [0, 0.1) is 0 Å². The smallest absolute Gasteiger partial charge is 0.0547 e. The summed E-state index contributed by atoms with van der Waals surface area (Å²) in [6.45, 7) is 0. The second kappa shape index (κ2) is 7.08. The Morgan fingerprint density at radius 2 is 1.06 bits per heavy atom. The normalized spacial score (nSPS) is 11.6. The van der Waals surface area contributed by atoms with Gasteiger partial charge in [-0.2, -0.15) is 0 Å². The molecule has 0 N–H and O–H groups in total. The summed E-state index contributed by atoms with van der Waals surface area (Å²) in [5.41, 5.74) is 6.17. The Morgan fingerprint density at radius 1 is 0.394 bits per heavy atom. The summed E-state index contributed by atoms with van der Waals surface area (Å²) in [4.78, 5) is 0. The van der Waals surface area contributed by atoms with Gasteiger partial charge in [0.2, 0.25) is 0 Å². The molecule has 0 fully saturated rings. The van der Waals surface area contributed by atoms with Gasteiger partial charge in [0.1, 0.15) is 0 Å². The van der Waals surface area contributed by atoms with Crippen LogP contribution in [-0.2, 0) is 0 Å². The second-order valence-electron chi connectivity index (χ2n) is 8.65. The van der Waals surface area contributed by atoms with Crippen molar-refractivity contribution in [2.75, 3.05) is 0 Å². The van der Waals surface area contributed by atoms with Crippen LogP contribution in [0.5, 0.6) is 0 Å². The molecule has 0 bridgehead atoms. The maximum Gasteiger partial charge on any atom is 0.0547 e. The van der Waals surface area contributed by atoms with E-state index in [1.54, 1.807) is 0 Å². The summed E-state index contributed by atoms with van der Waals surface area (Å²) < 4.78 is 2.38. The zero-order chi connectivity index (χ0) is 21.8. The van der Waals surface area contributed by atoms with Crippen molar-refractivity contribution in [3.05, 3.63) is 127 Å². The third-order valence-electron chi connectivity index (χ3n) is 6.75. The van der Waals surface area contributed by atoms with Crippen molar-refractivity contribution in [3.63, 3.8) is 0 Å². The Morgan fingerprint density at radius 3 is 1.94 bits per heavy atom. The number of nitrogens with zero attached hydrogens (tertiary/aromatic N) is 1. The highest BCUT2D eigenvalue weighted by Crippen LogP contribution is 2.38. The van der Waals surface area contributed by atoms with Crippen molar-refractivity contribution in [2.45, 2.75) is 0 Å². The lowest BCUT2D eigenvalue weighted by Crippen LogP contribution is -1.92. The van der Waals surface area contributed by atoms with Gasteiger partial charge in [-0.05, 0) is 69.1 Å². The van der Waals surface area contributed by atoms with E-state index in [0.29, 0.717) is 0 Å². The van der Waals surface area contributed by atoms with Crippen molar-refractivity contribution in [3.8, 4) is 16.8 Å². The zero-order valence-corrected chi connectivity index (χ0v) is 18.1. The van der Waals surface area contributed by atoms with Crippen molar-refractivity contribution in [1.82, 2.24) is 4.57 Å². The first-order chi connectivity index (χ1) is 16.4. The van der Waals surface area contributed by atoms with E-state index in [0.717, 1.165) is 0 Å². The third-order valence-corrected chi connectivity index (χ3v) is 6.75. The van der Waals surface area contributed by atoms with Crippen molar-refractivity contribution < 1.29 is 0 Å². The minimum absolute atomic E-state index is 1.19. The summed E-state index contributed by atoms with van der Waals surface area (Å²) in [5.74, 6) is 0. The SMILES string of the molecule is c1ccc(-n2c3ccccc3c3c4cc(-c5ccc6ccccc6c5)ccc4ccc32)cc1. The van der Waals surface area contributed by atoms with Gasteiger partial charge in [-0.25, -0.2) is 0 Å². The highest BCUT2D eigenvalue weighted by Gasteiger charge is 2.15. The van der Waals surface area contributed by atoms with E-state index in [-0.39, 0.29) is 0 Å². The predicted molar refractivity (Wildman–Crippen MR) is 141 cm³/mol. The molecule has 0 saturated carbocycles. The average Bonchev–Trinajstić information content (AvgIpc) is 3.23.